The van der Waals surface area contributed by atoms with Crippen LogP contribution in [0.4, 0.5) is 0 Å². The van der Waals surface area contributed by atoms with E-state index in [1.165, 1.54) is 5.56 Å². The van der Waals surface area contributed by atoms with Crippen molar-refractivity contribution in [2.75, 3.05) is 0 Å². The minimum atomic E-state index is 0.800. The van der Waals surface area contributed by atoms with Gasteiger partial charge >= 0.3 is 0 Å². The molecule has 0 N–H and O–H groups in total. The van der Waals surface area contributed by atoms with Crippen LogP contribution in [0.2, 0.25) is 0 Å². The van der Waals surface area contributed by atoms with Crippen molar-refractivity contribution in [1.29, 1.82) is 0 Å². The molecule has 1 aromatic carbocycles. The summed E-state index contributed by atoms with van der Waals surface area (Å²) in [7, 11) is 0. The first-order valence-electron chi connectivity index (χ1n) is 5.14. The molecule has 0 saturated heterocycles. The van der Waals surface area contributed by atoms with Crippen LogP contribution in [-0.4, -0.2) is 0 Å². The van der Waals surface area contributed by atoms with Crippen molar-refractivity contribution in [3.63, 3.8) is 0 Å². The van der Waals surface area contributed by atoms with Gasteiger partial charge in [-0.3, -0.25) is 0 Å². The average molecular weight is 196 g/mol. The Bertz CT molecular complexity index is 373. The van der Waals surface area contributed by atoms with Crippen LogP contribution < -0.4 is 0 Å². The zero-order valence-corrected chi connectivity index (χ0v) is 9.00. The first-order valence-corrected chi connectivity index (χ1v) is 5.14. The fourth-order valence-corrected chi connectivity index (χ4v) is 1.21. The van der Waals surface area contributed by atoms with E-state index in [1.807, 2.05) is 24.3 Å². The lowest BCUT2D eigenvalue weighted by atomic mass is 10.1. The summed E-state index contributed by atoms with van der Waals surface area (Å²) in [6.07, 6.45) is 4.57. The molecule has 15 heavy (non-hydrogen) atoms. The molecule has 0 amide bonds. The summed E-state index contributed by atoms with van der Waals surface area (Å²) in [6, 6.07) is 10.2. The second kappa shape index (κ2) is 6.68. The molecule has 76 valence electrons. The highest BCUT2D eigenvalue weighted by Gasteiger charge is 1.87. The van der Waals surface area contributed by atoms with E-state index < -0.39 is 0 Å². The maximum absolute atomic E-state index is 3.90. The third-order valence-electron chi connectivity index (χ3n) is 2.05. The van der Waals surface area contributed by atoms with Gasteiger partial charge in [0, 0.05) is 6.42 Å². The van der Waals surface area contributed by atoms with Gasteiger partial charge in [0.05, 0.1) is 0 Å². The molecule has 0 spiro atoms. The molecule has 0 bridgehead atoms. The maximum atomic E-state index is 3.90. The Balaban J connectivity index is 2.40. The van der Waals surface area contributed by atoms with Crippen LogP contribution in [0.15, 0.2) is 55.1 Å². The smallest absolute Gasteiger partial charge is 0.0343 e. The number of hydrogen-bond acceptors (Lipinski definition) is 0. The van der Waals surface area contributed by atoms with Gasteiger partial charge in [-0.25, -0.2) is 0 Å². The summed E-state index contributed by atoms with van der Waals surface area (Å²) in [5, 5.41) is 0. The monoisotopic (exact) mass is 196 g/mol. The quantitative estimate of drug-likeness (QED) is 0.508. The van der Waals surface area contributed by atoms with Crippen molar-refractivity contribution >= 4 is 0 Å². The summed E-state index contributed by atoms with van der Waals surface area (Å²) in [5.41, 5.74) is 2.24. The average Bonchev–Trinajstić information content (AvgIpc) is 2.28. The Kier molecular flexibility index (Phi) is 5.04. The zero-order valence-electron chi connectivity index (χ0n) is 9.00. The zero-order chi connectivity index (χ0) is 10.9. The standard InChI is InChI=1S/C15H16/c1-3-4-9-14(2)10-8-13-15-11-6-5-7-12-15/h3,5-7,11-12H,1-2,4,9,13H2. The van der Waals surface area contributed by atoms with Gasteiger partial charge in [0.25, 0.3) is 0 Å². The summed E-state index contributed by atoms with van der Waals surface area (Å²) >= 11 is 0. The summed E-state index contributed by atoms with van der Waals surface area (Å²) in [4.78, 5) is 0. The fraction of sp³-hybridized carbons (Fsp3) is 0.200. The number of rotatable bonds is 4. The van der Waals surface area contributed by atoms with Crippen LogP contribution in [0.1, 0.15) is 18.4 Å². The molecule has 0 aliphatic carbocycles. The van der Waals surface area contributed by atoms with Crippen molar-refractivity contribution in [2.45, 2.75) is 19.3 Å². The fourth-order valence-electron chi connectivity index (χ4n) is 1.21. The molecule has 1 rings (SSSR count). The van der Waals surface area contributed by atoms with Crippen LogP contribution in [0.25, 0.3) is 0 Å². The van der Waals surface area contributed by atoms with Crippen LogP contribution in [-0.2, 0) is 6.42 Å². The molecule has 0 aliphatic heterocycles. The van der Waals surface area contributed by atoms with Gasteiger partial charge in [0.2, 0.25) is 0 Å². The molecule has 0 unspecified atom stereocenters. The Morgan fingerprint density at radius 2 is 2.00 bits per heavy atom. The third kappa shape index (κ3) is 4.88. The molecule has 0 aromatic heterocycles. The maximum Gasteiger partial charge on any atom is 0.0343 e. The summed E-state index contributed by atoms with van der Waals surface area (Å²) < 4.78 is 0. The predicted octanol–water partition coefficient (Wildman–Crippen LogP) is 3.75. The van der Waals surface area contributed by atoms with Crippen LogP contribution in [0.5, 0.6) is 0 Å². The first-order chi connectivity index (χ1) is 7.33. The SMILES string of the molecule is C=CCCC(=C)C#CCc1ccccc1. The Morgan fingerprint density at radius 1 is 1.27 bits per heavy atom. The Hall–Kier alpha value is -1.74. The van der Waals surface area contributed by atoms with E-state index in [1.54, 1.807) is 0 Å². The lowest BCUT2D eigenvalue weighted by Crippen LogP contribution is -1.80. The van der Waals surface area contributed by atoms with E-state index in [9.17, 15) is 0 Å². The van der Waals surface area contributed by atoms with Crippen molar-refractivity contribution in [2.24, 2.45) is 0 Å². The van der Waals surface area contributed by atoms with Gasteiger partial charge in [-0.15, -0.1) is 6.58 Å². The number of hydrogen-bond donors (Lipinski definition) is 0. The minimum Gasteiger partial charge on any atom is -0.103 e. The van der Waals surface area contributed by atoms with Gasteiger partial charge < -0.3 is 0 Å². The molecule has 0 nitrogen and oxygen atoms in total. The van der Waals surface area contributed by atoms with Crippen molar-refractivity contribution < 1.29 is 0 Å². The van der Waals surface area contributed by atoms with E-state index in [-0.39, 0.29) is 0 Å². The minimum absolute atomic E-state index is 0.800. The topological polar surface area (TPSA) is 0 Å². The van der Waals surface area contributed by atoms with Gasteiger partial charge in [-0.2, -0.15) is 0 Å². The molecule has 0 aliphatic rings. The normalized spacial score (nSPS) is 8.80. The molecule has 0 radical (unpaired) electrons. The Labute approximate surface area is 92.3 Å². The summed E-state index contributed by atoms with van der Waals surface area (Å²) in [5.74, 6) is 6.20. The highest BCUT2D eigenvalue weighted by Crippen LogP contribution is 2.02. The molecule has 0 saturated carbocycles. The molecule has 0 heterocycles. The lowest BCUT2D eigenvalue weighted by molar-refractivity contribution is 1.02. The summed E-state index contributed by atoms with van der Waals surface area (Å²) in [6.45, 7) is 7.57. The highest BCUT2D eigenvalue weighted by molar-refractivity contribution is 5.29. The van der Waals surface area contributed by atoms with Gasteiger partial charge in [-0.1, -0.05) is 54.8 Å². The van der Waals surface area contributed by atoms with Gasteiger partial charge in [0.1, 0.15) is 0 Å². The predicted molar refractivity (Wildman–Crippen MR) is 66.5 cm³/mol. The van der Waals surface area contributed by atoms with E-state index in [0.29, 0.717) is 0 Å². The lowest BCUT2D eigenvalue weighted by Gasteiger charge is -1.93. The van der Waals surface area contributed by atoms with Crippen molar-refractivity contribution in [1.82, 2.24) is 0 Å². The molecular weight excluding hydrogens is 180 g/mol. The van der Waals surface area contributed by atoms with Crippen LogP contribution in [0, 0.1) is 11.8 Å². The molecule has 0 heteroatoms. The molecular formula is C15H16. The van der Waals surface area contributed by atoms with E-state index in [2.05, 4.69) is 37.1 Å². The van der Waals surface area contributed by atoms with Gasteiger partial charge in [-0.05, 0) is 24.0 Å². The second-order valence-electron chi connectivity index (χ2n) is 3.40. The van der Waals surface area contributed by atoms with Crippen molar-refractivity contribution in [3.05, 3.63) is 60.7 Å². The third-order valence-corrected chi connectivity index (χ3v) is 2.05. The number of benzene rings is 1. The van der Waals surface area contributed by atoms with Crippen LogP contribution >= 0.6 is 0 Å². The highest BCUT2D eigenvalue weighted by atomic mass is 13.9. The Morgan fingerprint density at radius 3 is 2.67 bits per heavy atom. The number of allylic oxidation sites excluding steroid dienone is 2. The first kappa shape index (κ1) is 11.3. The molecule has 0 fully saturated rings. The van der Waals surface area contributed by atoms with E-state index >= 15 is 0 Å². The van der Waals surface area contributed by atoms with E-state index in [4.69, 9.17) is 0 Å². The van der Waals surface area contributed by atoms with Gasteiger partial charge in [0.15, 0.2) is 0 Å². The molecule has 0 atom stereocenters. The van der Waals surface area contributed by atoms with Crippen LogP contribution in [0.3, 0.4) is 0 Å². The van der Waals surface area contributed by atoms with Crippen molar-refractivity contribution in [3.8, 4) is 11.8 Å². The molecule has 1 aromatic rings. The largest absolute Gasteiger partial charge is 0.103 e. The van der Waals surface area contributed by atoms with E-state index in [0.717, 1.165) is 24.8 Å². The second-order valence-corrected chi connectivity index (χ2v) is 3.40.